The first-order chi connectivity index (χ1) is 42.2. The van der Waals surface area contributed by atoms with Crippen LogP contribution in [0.4, 0.5) is 0 Å². The van der Waals surface area contributed by atoms with Crippen LogP contribution in [0.1, 0.15) is 58.3 Å². The second kappa shape index (κ2) is 38.4. The van der Waals surface area contributed by atoms with E-state index in [4.69, 9.17) is 9.68 Å². The van der Waals surface area contributed by atoms with Crippen molar-refractivity contribution in [2.75, 3.05) is 17.3 Å². The van der Waals surface area contributed by atoms with Gasteiger partial charge in [0.15, 0.2) is 5.25 Å². The van der Waals surface area contributed by atoms with E-state index in [2.05, 4.69) is 29.6 Å². The fourth-order valence-corrected chi connectivity index (χ4v) is 14.7. The summed E-state index contributed by atoms with van der Waals surface area (Å²) >= 11 is 0. The van der Waals surface area contributed by atoms with Gasteiger partial charge in [-0.05, 0) is 111 Å². The molecule has 1 saturated heterocycles. The second-order valence-electron chi connectivity index (χ2n) is 16.9. The minimum absolute atomic E-state index is 0.0988. The number of carbonyl (C=O) groups is 12. The molecule has 4 aromatic rings. The van der Waals surface area contributed by atoms with Gasteiger partial charge in [0.25, 0.3) is 57.4 Å². The van der Waals surface area contributed by atoms with Gasteiger partial charge in [-0.25, -0.2) is 39.1 Å². The van der Waals surface area contributed by atoms with Crippen molar-refractivity contribution >= 4 is 168 Å². The number of amides is 8. The Hall–Kier alpha value is -7.03. The molecule has 36 heteroatoms. The van der Waals surface area contributed by atoms with Gasteiger partial charge in [-0.15, -0.1) is 5.06 Å². The summed E-state index contributed by atoms with van der Waals surface area (Å²) in [6, 6.07) is 22.2. The quantitative estimate of drug-likeness (QED) is 0.0258. The molecule has 27 nitrogen and oxygen atoms in total. The Balaban J connectivity index is 0.000000214. The van der Waals surface area contributed by atoms with Gasteiger partial charge in [0, 0.05) is 109 Å². The summed E-state index contributed by atoms with van der Waals surface area (Å²) in [6.07, 6.45) is 14.2. The number of rotatable bonds is 28. The van der Waals surface area contributed by atoms with Gasteiger partial charge in [-0.1, -0.05) is 89.6 Å². The van der Waals surface area contributed by atoms with Crippen molar-refractivity contribution in [3.63, 3.8) is 0 Å². The molecule has 2 atom stereocenters. The van der Waals surface area contributed by atoms with Crippen molar-refractivity contribution in [2.24, 2.45) is 0 Å². The third-order valence-electron chi connectivity index (χ3n) is 10.2. The Morgan fingerprint density at radius 2 is 0.841 bits per heavy atom. The molecule has 4 aliphatic heterocycles. The molecular formula is C52H50N8O19S9. The molecular weight excluding hydrogens is 1330 g/mol. The second-order valence-corrected chi connectivity index (χ2v) is 28.4. The van der Waals surface area contributed by atoms with E-state index in [1.165, 1.54) is 64.8 Å². The zero-order valence-corrected chi connectivity index (χ0v) is 53.0. The van der Waals surface area contributed by atoms with Crippen molar-refractivity contribution < 1.29 is 89.9 Å². The zero-order chi connectivity index (χ0) is 63.8. The van der Waals surface area contributed by atoms with E-state index in [1.807, 2.05) is 61.5 Å². The molecule has 2 unspecified atom stereocenters. The molecule has 0 aromatic carbocycles. The Morgan fingerprint density at radius 3 is 1.23 bits per heavy atom. The summed E-state index contributed by atoms with van der Waals surface area (Å²) in [5.74, 6) is -7.04. The minimum Gasteiger partial charge on any atom is -0.330 e. The number of carbonyl (C=O) groups excluding carboxylic acids is 12. The normalized spacial score (nSPS) is 14.8. The lowest BCUT2D eigenvalue weighted by atomic mass is 10.2. The van der Waals surface area contributed by atoms with Crippen molar-refractivity contribution in [2.45, 2.75) is 88.9 Å². The van der Waals surface area contributed by atoms with E-state index in [0.29, 0.717) is 38.8 Å². The van der Waals surface area contributed by atoms with Crippen molar-refractivity contribution in [3.05, 3.63) is 134 Å². The van der Waals surface area contributed by atoms with Gasteiger partial charge >= 0.3 is 23.9 Å². The summed E-state index contributed by atoms with van der Waals surface area (Å²) in [5.41, 5.74) is 0. The van der Waals surface area contributed by atoms with Gasteiger partial charge < -0.3 is 19.4 Å². The van der Waals surface area contributed by atoms with Crippen LogP contribution in [0.2, 0.25) is 0 Å². The van der Waals surface area contributed by atoms with Gasteiger partial charge in [0.2, 0.25) is 0 Å². The van der Waals surface area contributed by atoms with E-state index in [1.54, 1.807) is 64.6 Å². The van der Waals surface area contributed by atoms with E-state index < -0.39 is 86.5 Å². The molecule has 4 aliphatic rings. The van der Waals surface area contributed by atoms with Crippen LogP contribution in [0.15, 0.2) is 154 Å². The molecule has 0 aliphatic carbocycles. The predicted molar refractivity (Wildman–Crippen MR) is 326 cm³/mol. The topological polar surface area (TPSA) is 361 Å². The van der Waals surface area contributed by atoms with E-state index in [9.17, 15) is 70.5 Å². The summed E-state index contributed by atoms with van der Waals surface area (Å²) in [5, 5.41) is 3.32. The maximum absolute atomic E-state index is 12.0. The average molecular weight is 1380 g/mol. The highest BCUT2D eigenvalue weighted by Gasteiger charge is 2.39. The molecule has 8 amide bonds. The highest BCUT2D eigenvalue weighted by Crippen LogP contribution is 2.35. The van der Waals surface area contributed by atoms with Crippen LogP contribution in [-0.4, -0.2) is 152 Å². The largest absolute Gasteiger partial charge is 0.353 e. The summed E-state index contributed by atoms with van der Waals surface area (Å²) < 4.78 is 32.0. The number of pyridine rings is 4. The maximum atomic E-state index is 12.0. The van der Waals surface area contributed by atoms with E-state index >= 15 is 0 Å². The molecule has 0 bridgehead atoms. The number of imide groups is 4. The maximum Gasteiger partial charge on any atom is 0.353 e. The molecule has 0 spiro atoms. The van der Waals surface area contributed by atoms with Crippen LogP contribution in [0.25, 0.3) is 0 Å². The average Bonchev–Trinajstić information content (AvgIpc) is 4.39. The SMILES string of the molecule is CC(CCC(=O)ON1C(=O)C=CC1=O)SSc1ccccn1.O=C(CCCSSc1ccccn1)ON1C(=O)C=CC1=O.O=C(CCSSc1ccccn1)ON1C(=O)C=CC1=O.O=C(ON1C(=O)CCC1=O)C(CCSSc1ccccn1)S(=O)(=O)O. The molecule has 88 heavy (non-hydrogen) atoms. The number of aromatic nitrogens is 4. The van der Waals surface area contributed by atoms with Crippen LogP contribution in [0.5, 0.6) is 0 Å². The molecule has 4 aromatic heterocycles. The first kappa shape index (κ1) is 71.7. The first-order valence-corrected chi connectivity index (χ1v) is 36.1. The lowest BCUT2D eigenvalue weighted by Crippen LogP contribution is -2.39. The standard InChI is InChI=1S/C14H14N2O4S2.C13H14N2O7S3.C13H12N2O4S2.C12H10N2O4S2/c1-10(21-22-11-4-2-3-9-15-11)5-8-14(19)20-16-12(17)6-7-13(16)18;16-11-4-5-12(17)15(11)22-13(18)9(25(19,20)21)6-8-23-24-10-3-1-2-7-14-10;16-11-6-7-12(17)15(11)19-13(18)5-3-9-20-21-10-4-1-2-8-14-10;15-10-4-5-11(16)14(10)18-12(17)6-8-19-20-9-3-1-2-7-13-9/h2-4,6-7,9-10H,5,8H2,1H3;1-3,7,9H,4-6,8H2,(H,19,20,21);1-2,4,6-8H,3,5,9H2;1-5,7H,6,8H2. The van der Waals surface area contributed by atoms with Gasteiger partial charge in [0.1, 0.15) is 20.1 Å². The Kier molecular flexibility index (Phi) is 31.3. The monoisotopic (exact) mass is 1380 g/mol. The number of nitrogens with zero attached hydrogens (tertiary/aromatic N) is 8. The zero-order valence-electron chi connectivity index (χ0n) is 45.7. The Bertz CT molecular complexity index is 3260. The molecule has 1 N–H and O–H groups in total. The lowest BCUT2D eigenvalue weighted by molar-refractivity contribution is -0.197. The lowest BCUT2D eigenvalue weighted by Gasteiger charge is -2.17. The smallest absolute Gasteiger partial charge is 0.330 e. The molecule has 1 fully saturated rings. The van der Waals surface area contributed by atoms with Crippen LogP contribution >= 0.6 is 86.4 Å². The van der Waals surface area contributed by atoms with Crippen LogP contribution in [0, 0.1) is 0 Å². The van der Waals surface area contributed by atoms with Gasteiger partial charge in [-0.3, -0.25) is 42.9 Å². The number of hydrogen-bond acceptors (Lipinski definition) is 30. The Labute approximate surface area is 534 Å². The molecule has 466 valence electrons. The highest BCUT2D eigenvalue weighted by atomic mass is 33.1. The summed E-state index contributed by atoms with van der Waals surface area (Å²) in [4.78, 5) is 172. The van der Waals surface area contributed by atoms with Crippen LogP contribution in [-0.2, 0) is 87.0 Å². The van der Waals surface area contributed by atoms with Crippen LogP contribution in [0.3, 0.4) is 0 Å². The first-order valence-electron chi connectivity index (χ1n) is 25.4. The third kappa shape index (κ3) is 26.4. The van der Waals surface area contributed by atoms with E-state index in [-0.39, 0.29) is 54.6 Å². The molecule has 8 rings (SSSR count). The van der Waals surface area contributed by atoms with Crippen LogP contribution < -0.4 is 0 Å². The molecule has 0 saturated carbocycles. The number of hydrogen-bond donors (Lipinski definition) is 1. The third-order valence-corrected chi connectivity index (χ3v) is 21.1. The van der Waals surface area contributed by atoms with E-state index in [0.717, 1.165) is 57.3 Å². The molecule has 0 radical (unpaired) electrons. The van der Waals surface area contributed by atoms with Gasteiger partial charge in [-0.2, -0.15) is 8.42 Å². The van der Waals surface area contributed by atoms with Crippen molar-refractivity contribution in [1.29, 1.82) is 0 Å². The van der Waals surface area contributed by atoms with Crippen molar-refractivity contribution in [1.82, 2.24) is 40.2 Å². The van der Waals surface area contributed by atoms with Gasteiger partial charge in [0.05, 0.1) is 6.42 Å². The fourth-order valence-electron chi connectivity index (χ4n) is 6.01. The number of hydroxylamine groups is 8. The fraction of sp³-hybridized carbons (Fsp3) is 0.269. The highest BCUT2D eigenvalue weighted by molar-refractivity contribution is 8.77. The Morgan fingerprint density at radius 1 is 0.477 bits per heavy atom. The molecule has 8 heterocycles. The predicted octanol–water partition coefficient (Wildman–Crippen LogP) is 7.03. The van der Waals surface area contributed by atoms with Crippen molar-refractivity contribution in [3.8, 4) is 0 Å². The summed E-state index contributed by atoms with van der Waals surface area (Å²) in [7, 11) is 6.90. The minimum atomic E-state index is -4.75. The summed E-state index contributed by atoms with van der Waals surface area (Å²) in [6.45, 7) is 1.99.